The molecule has 0 radical (unpaired) electrons. The van der Waals surface area contributed by atoms with Gasteiger partial charge in [0.15, 0.2) is 11.5 Å². The predicted octanol–water partition coefficient (Wildman–Crippen LogP) is 4.60. The summed E-state index contributed by atoms with van der Waals surface area (Å²) in [6.07, 6.45) is 6.88. The van der Waals surface area contributed by atoms with Crippen LogP contribution in [-0.4, -0.2) is 18.1 Å². The van der Waals surface area contributed by atoms with E-state index >= 15 is 0 Å². The zero-order valence-corrected chi connectivity index (χ0v) is 13.7. The van der Waals surface area contributed by atoms with Crippen LogP contribution in [0.2, 0.25) is 0 Å². The summed E-state index contributed by atoms with van der Waals surface area (Å²) in [6, 6.07) is 3.17. The zero-order valence-electron chi connectivity index (χ0n) is 12.1. The topological polar surface area (TPSA) is 61.6 Å². The van der Waals surface area contributed by atoms with E-state index in [1.165, 1.54) is 18.9 Å². The van der Waals surface area contributed by atoms with Crippen LogP contribution in [0.1, 0.15) is 44.1 Å². The highest BCUT2D eigenvalue weighted by Crippen LogP contribution is 2.37. The van der Waals surface area contributed by atoms with Crippen molar-refractivity contribution < 1.29 is 14.4 Å². The van der Waals surface area contributed by atoms with Crippen LogP contribution in [0.15, 0.2) is 12.1 Å². The number of hydrogen-bond acceptors (Lipinski definition) is 4. The maximum absolute atomic E-state index is 11.2. The Kier molecular flexibility index (Phi) is 5.85. The second-order valence-corrected chi connectivity index (χ2v) is 5.81. The van der Waals surface area contributed by atoms with Crippen LogP contribution in [0.4, 0.5) is 5.69 Å². The van der Waals surface area contributed by atoms with Gasteiger partial charge in [0.05, 0.1) is 24.2 Å². The fourth-order valence-corrected chi connectivity index (χ4v) is 3.11. The molecule has 1 saturated carbocycles. The fraction of sp³-hybridized carbons (Fsp3) is 0.600. The Morgan fingerprint density at radius 1 is 1.24 bits per heavy atom. The summed E-state index contributed by atoms with van der Waals surface area (Å²) >= 11 is 3.27. The minimum Gasteiger partial charge on any atom is -0.493 e. The van der Waals surface area contributed by atoms with Crippen molar-refractivity contribution in [2.75, 3.05) is 7.11 Å². The monoisotopic (exact) mass is 357 g/mol. The minimum absolute atomic E-state index is 0.0660. The number of nitro groups is 1. The van der Waals surface area contributed by atoms with Crippen molar-refractivity contribution in [2.45, 2.75) is 50.0 Å². The van der Waals surface area contributed by atoms with Gasteiger partial charge in [-0.1, -0.05) is 28.8 Å². The zero-order chi connectivity index (χ0) is 15.2. The van der Waals surface area contributed by atoms with Crippen molar-refractivity contribution >= 4 is 21.6 Å². The number of hydrogen-bond donors (Lipinski definition) is 0. The lowest BCUT2D eigenvalue weighted by molar-refractivity contribution is -0.385. The summed E-state index contributed by atoms with van der Waals surface area (Å²) in [4.78, 5) is 10.8. The van der Waals surface area contributed by atoms with E-state index in [4.69, 9.17) is 9.47 Å². The van der Waals surface area contributed by atoms with Gasteiger partial charge in [0, 0.05) is 10.9 Å². The molecule has 0 aliphatic heterocycles. The molecule has 116 valence electrons. The van der Waals surface area contributed by atoms with Crippen molar-refractivity contribution in [3.8, 4) is 11.5 Å². The Morgan fingerprint density at radius 2 is 1.90 bits per heavy atom. The quantitative estimate of drug-likeness (QED) is 0.334. The van der Waals surface area contributed by atoms with E-state index < -0.39 is 0 Å². The molecule has 21 heavy (non-hydrogen) atoms. The summed E-state index contributed by atoms with van der Waals surface area (Å²) in [6.45, 7) is 0. The molecule has 1 aromatic rings. The number of ether oxygens (including phenoxy) is 2. The normalized spacial score (nSPS) is 16.3. The SMILES string of the molecule is COc1cc(CBr)c([N+](=O)[O-])cc1OC1CCCCCC1. The molecule has 0 saturated heterocycles. The van der Waals surface area contributed by atoms with Crippen molar-refractivity contribution in [2.24, 2.45) is 0 Å². The van der Waals surface area contributed by atoms with Crippen molar-refractivity contribution in [1.82, 2.24) is 0 Å². The molecule has 5 nitrogen and oxygen atoms in total. The van der Waals surface area contributed by atoms with E-state index in [0.717, 1.165) is 25.7 Å². The Morgan fingerprint density at radius 3 is 2.43 bits per heavy atom. The van der Waals surface area contributed by atoms with Crippen LogP contribution in [0.5, 0.6) is 11.5 Å². The molecule has 1 aromatic carbocycles. The molecule has 1 aliphatic carbocycles. The maximum Gasteiger partial charge on any atom is 0.277 e. The van der Waals surface area contributed by atoms with Gasteiger partial charge in [-0.25, -0.2) is 0 Å². The molecule has 2 rings (SSSR count). The molecular weight excluding hydrogens is 338 g/mol. The minimum atomic E-state index is -0.379. The molecular formula is C15H20BrNO4. The molecule has 6 heteroatoms. The first-order chi connectivity index (χ1) is 10.2. The third-order valence-electron chi connectivity index (χ3n) is 3.80. The summed E-state index contributed by atoms with van der Waals surface area (Å²) in [5, 5.41) is 11.6. The van der Waals surface area contributed by atoms with Crippen LogP contribution < -0.4 is 9.47 Å². The number of alkyl halides is 1. The lowest BCUT2D eigenvalue weighted by Gasteiger charge is -2.19. The maximum atomic E-state index is 11.2. The van der Waals surface area contributed by atoms with E-state index in [2.05, 4.69) is 15.9 Å². The Labute approximate surface area is 132 Å². The Bertz CT molecular complexity index is 499. The molecule has 0 spiro atoms. The lowest BCUT2D eigenvalue weighted by atomic mass is 10.1. The summed E-state index contributed by atoms with van der Waals surface area (Å²) in [5.74, 6) is 1.03. The number of nitro benzene ring substituents is 1. The molecule has 0 amide bonds. The third-order valence-corrected chi connectivity index (χ3v) is 4.41. The molecule has 0 bridgehead atoms. The second kappa shape index (κ2) is 7.64. The first kappa shape index (κ1) is 16.1. The number of nitrogens with zero attached hydrogens (tertiary/aromatic N) is 1. The van der Waals surface area contributed by atoms with Gasteiger partial charge in [-0.05, 0) is 31.7 Å². The molecule has 0 aromatic heterocycles. The van der Waals surface area contributed by atoms with E-state index in [1.807, 2.05) is 0 Å². The van der Waals surface area contributed by atoms with Crippen LogP contribution in [0.25, 0.3) is 0 Å². The molecule has 1 fully saturated rings. The molecule has 0 unspecified atom stereocenters. The molecule has 1 aliphatic rings. The average molecular weight is 358 g/mol. The number of rotatable bonds is 5. The molecule has 0 N–H and O–H groups in total. The van der Waals surface area contributed by atoms with Crippen LogP contribution in [0, 0.1) is 10.1 Å². The largest absolute Gasteiger partial charge is 0.493 e. The second-order valence-electron chi connectivity index (χ2n) is 5.25. The van der Waals surface area contributed by atoms with Gasteiger partial charge in [-0.15, -0.1) is 0 Å². The van der Waals surface area contributed by atoms with Crippen LogP contribution >= 0.6 is 15.9 Å². The van der Waals surface area contributed by atoms with E-state index in [1.54, 1.807) is 13.2 Å². The van der Waals surface area contributed by atoms with Crippen molar-refractivity contribution in [1.29, 1.82) is 0 Å². The van der Waals surface area contributed by atoms with Gasteiger partial charge in [0.2, 0.25) is 0 Å². The average Bonchev–Trinajstić information content (AvgIpc) is 2.75. The van der Waals surface area contributed by atoms with Crippen LogP contribution in [0.3, 0.4) is 0 Å². The van der Waals surface area contributed by atoms with Gasteiger partial charge in [-0.3, -0.25) is 10.1 Å². The smallest absolute Gasteiger partial charge is 0.277 e. The highest BCUT2D eigenvalue weighted by molar-refractivity contribution is 9.08. The van der Waals surface area contributed by atoms with E-state index in [0.29, 0.717) is 22.4 Å². The Balaban J connectivity index is 2.27. The summed E-state index contributed by atoms with van der Waals surface area (Å²) in [7, 11) is 1.55. The van der Waals surface area contributed by atoms with E-state index in [9.17, 15) is 10.1 Å². The predicted molar refractivity (Wildman–Crippen MR) is 84.4 cm³/mol. The van der Waals surface area contributed by atoms with E-state index in [-0.39, 0.29) is 16.7 Å². The summed E-state index contributed by atoms with van der Waals surface area (Å²) < 4.78 is 11.3. The molecule has 0 atom stereocenters. The highest BCUT2D eigenvalue weighted by atomic mass is 79.9. The first-order valence-corrected chi connectivity index (χ1v) is 8.35. The van der Waals surface area contributed by atoms with Crippen LogP contribution in [-0.2, 0) is 5.33 Å². The first-order valence-electron chi connectivity index (χ1n) is 7.23. The summed E-state index contributed by atoms with van der Waals surface area (Å²) in [5.41, 5.74) is 0.654. The fourth-order valence-electron chi connectivity index (χ4n) is 2.66. The third kappa shape index (κ3) is 4.09. The van der Waals surface area contributed by atoms with Gasteiger partial charge < -0.3 is 9.47 Å². The number of benzene rings is 1. The number of methoxy groups -OCH3 is 1. The molecule has 0 heterocycles. The van der Waals surface area contributed by atoms with Gasteiger partial charge in [0.1, 0.15) is 0 Å². The highest BCUT2D eigenvalue weighted by Gasteiger charge is 2.22. The van der Waals surface area contributed by atoms with Crippen molar-refractivity contribution in [3.63, 3.8) is 0 Å². The van der Waals surface area contributed by atoms with Gasteiger partial charge in [-0.2, -0.15) is 0 Å². The standard InChI is InChI=1S/C15H20BrNO4/c1-20-14-8-11(10-16)13(17(18)19)9-15(14)21-12-6-4-2-3-5-7-12/h8-9,12H,2-7,10H2,1H3. The Hall–Kier alpha value is -1.30. The van der Waals surface area contributed by atoms with Gasteiger partial charge in [0.25, 0.3) is 5.69 Å². The number of halogens is 1. The van der Waals surface area contributed by atoms with Crippen molar-refractivity contribution in [3.05, 3.63) is 27.8 Å². The van der Waals surface area contributed by atoms with Gasteiger partial charge >= 0.3 is 0 Å². The lowest BCUT2D eigenvalue weighted by Crippen LogP contribution is -2.15.